The van der Waals surface area contributed by atoms with Crippen molar-refractivity contribution in [1.29, 1.82) is 0 Å². The molecule has 104 valence electrons. The second-order valence-electron chi connectivity index (χ2n) is 5.55. The maximum atomic E-state index is 11.9. The predicted octanol–water partition coefficient (Wildman–Crippen LogP) is -0.223. The molecule has 2 N–H and O–H groups in total. The number of carbonyl (C=O) groups is 1. The lowest BCUT2D eigenvalue weighted by Crippen LogP contribution is -2.40. The first-order chi connectivity index (χ1) is 9.22. The van der Waals surface area contributed by atoms with Gasteiger partial charge in [0, 0.05) is 44.6 Å². The number of fused-ring (bicyclic) bond motifs is 3. The number of nitrogens with one attached hydrogen (secondary N) is 2. The molecule has 0 spiro atoms. The summed E-state index contributed by atoms with van der Waals surface area (Å²) in [5, 5.41) is 3.12. The summed E-state index contributed by atoms with van der Waals surface area (Å²) < 4.78 is 1.68. The molecule has 2 aliphatic rings. The van der Waals surface area contributed by atoms with E-state index < -0.39 is 0 Å². The Kier molecular flexibility index (Phi) is 3.42. The van der Waals surface area contributed by atoms with Gasteiger partial charge < -0.3 is 10.3 Å². The van der Waals surface area contributed by atoms with E-state index in [1.807, 2.05) is 0 Å². The van der Waals surface area contributed by atoms with E-state index in [0.29, 0.717) is 6.54 Å². The lowest BCUT2D eigenvalue weighted by Gasteiger charge is -2.27. The number of rotatable bonds is 3. The number of amides is 1. The number of nitrogens with zero attached hydrogens (tertiary/aromatic N) is 2. The summed E-state index contributed by atoms with van der Waals surface area (Å²) in [5.74, 6) is 0.333. The summed E-state index contributed by atoms with van der Waals surface area (Å²) in [6, 6.07) is 0.281. The quantitative estimate of drug-likeness (QED) is 0.793. The first-order valence-electron chi connectivity index (χ1n) is 6.99. The van der Waals surface area contributed by atoms with Gasteiger partial charge >= 0.3 is 5.69 Å². The van der Waals surface area contributed by atoms with E-state index in [4.69, 9.17) is 0 Å². The fraction of sp³-hybridized carbons (Fsp3) is 0.692. The molecule has 1 aromatic rings. The number of hydrogen-bond acceptors (Lipinski definition) is 3. The molecule has 1 amide bonds. The highest BCUT2D eigenvalue weighted by Crippen LogP contribution is 2.21. The van der Waals surface area contributed by atoms with E-state index in [2.05, 4.69) is 15.2 Å². The predicted molar refractivity (Wildman–Crippen MR) is 70.8 cm³/mol. The van der Waals surface area contributed by atoms with Crippen molar-refractivity contribution in [3.63, 3.8) is 0 Å². The van der Waals surface area contributed by atoms with Crippen LogP contribution in [0, 0.1) is 5.92 Å². The molecule has 0 saturated carbocycles. The molecule has 0 radical (unpaired) electrons. The van der Waals surface area contributed by atoms with Gasteiger partial charge in [-0.3, -0.25) is 14.3 Å². The molecule has 2 fully saturated rings. The number of aromatic amines is 1. The van der Waals surface area contributed by atoms with Crippen LogP contribution in [0.3, 0.4) is 0 Å². The maximum Gasteiger partial charge on any atom is 0.325 e. The van der Waals surface area contributed by atoms with Crippen molar-refractivity contribution in [2.45, 2.75) is 31.8 Å². The average Bonchev–Trinajstić information content (AvgIpc) is 2.59. The van der Waals surface area contributed by atoms with Crippen molar-refractivity contribution in [1.82, 2.24) is 19.8 Å². The van der Waals surface area contributed by atoms with E-state index in [0.717, 1.165) is 38.9 Å². The number of hydrogen-bond donors (Lipinski definition) is 2. The summed E-state index contributed by atoms with van der Waals surface area (Å²) in [4.78, 5) is 28.3. The van der Waals surface area contributed by atoms with Crippen molar-refractivity contribution in [2.24, 2.45) is 5.92 Å². The monoisotopic (exact) mass is 264 g/mol. The smallest absolute Gasteiger partial charge is 0.325 e. The normalized spacial score (nSPS) is 27.9. The van der Waals surface area contributed by atoms with Gasteiger partial charge in [0.15, 0.2) is 0 Å². The molecule has 2 atom stereocenters. The molecule has 0 aliphatic carbocycles. The van der Waals surface area contributed by atoms with Crippen LogP contribution in [-0.4, -0.2) is 46.0 Å². The van der Waals surface area contributed by atoms with Gasteiger partial charge in [0.25, 0.3) is 0 Å². The number of carbonyl (C=O) groups excluding carboxylic acids is 1. The van der Waals surface area contributed by atoms with Crippen LogP contribution in [0.1, 0.15) is 19.3 Å². The first kappa shape index (κ1) is 12.5. The van der Waals surface area contributed by atoms with Crippen LogP contribution >= 0.6 is 0 Å². The zero-order chi connectivity index (χ0) is 13.2. The Morgan fingerprint density at radius 1 is 1.21 bits per heavy atom. The number of H-pyrrole nitrogens is 1. The second-order valence-corrected chi connectivity index (χ2v) is 5.55. The minimum atomic E-state index is -0.0655. The Hall–Kier alpha value is -1.56. The van der Waals surface area contributed by atoms with E-state index in [9.17, 15) is 9.59 Å². The molecule has 2 aliphatic heterocycles. The maximum absolute atomic E-state index is 11.9. The minimum absolute atomic E-state index is 0.0655. The average molecular weight is 264 g/mol. The van der Waals surface area contributed by atoms with Crippen LogP contribution in [0.2, 0.25) is 0 Å². The molecule has 2 bridgehead atoms. The van der Waals surface area contributed by atoms with Crippen molar-refractivity contribution in [3.8, 4) is 0 Å². The van der Waals surface area contributed by atoms with E-state index in [-0.39, 0.29) is 23.6 Å². The summed E-state index contributed by atoms with van der Waals surface area (Å²) >= 11 is 0. The van der Waals surface area contributed by atoms with Crippen molar-refractivity contribution < 1.29 is 4.79 Å². The molecule has 2 saturated heterocycles. The highest BCUT2D eigenvalue weighted by atomic mass is 16.2. The molecule has 3 heterocycles. The van der Waals surface area contributed by atoms with Crippen molar-refractivity contribution in [2.75, 3.05) is 19.6 Å². The Labute approximate surface area is 111 Å². The molecule has 1 aromatic heterocycles. The van der Waals surface area contributed by atoms with Gasteiger partial charge in [-0.2, -0.15) is 0 Å². The number of aromatic nitrogens is 2. The molecular weight excluding hydrogens is 244 g/mol. The fourth-order valence-corrected chi connectivity index (χ4v) is 3.10. The lowest BCUT2D eigenvalue weighted by molar-refractivity contribution is -0.124. The number of likely N-dealkylation sites (tertiary alicyclic amines) is 1. The summed E-state index contributed by atoms with van der Waals surface area (Å²) in [5.41, 5.74) is -0.0655. The van der Waals surface area contributed by atoms with Crippen LogP contribution in [0.5, 0.6) is 0 Å². The molecule has 6 nitrogen and oxygen atoms in total. The third-order valence-electron chi connectivity index (χ3n) is 4.16. The van der Waals surface area contributed by atoms with Gasteiger partial charge in [-0.05, 0) is 12.8 Å². The fourth-order valence-electron chi connectivity index (χ4n) is 3.10. The lowest BCUT2D eigenvalue weighted by atomic mass is 9.99. The van der Waals surface area contributed by atoms with Gasteiger partial charge in [-0.1, -0.05) is 6.42 Å². The van der Waals surface area contributed by atoms with Gasteiger partial charge in [-0.25, -0.2) is 4.79 Å². The third-order valence-corrected chi connectivity index (χ3v) is 4.16. The number of imidazole rings is 1. The van der Waals surface area contributed by atoms with Crippen molar-refractivity contribution in [3.05, 3.63) is 22.9 Å². The topological polar surface area (TPSA) is 70.1 Å². The van der Waals surface area contributed by atoms with Gasteiger partial charge in [-0.15, -0.1) is 0 Å². The molecular formula is C13H20N4O2. The van der Waals surface area contributed by atoms with Gasteiger partial charge in [0.2, 0.25) is 5.91 Å². The van der Waals surface area contributed by atoms with Crippen LogP contribution in [0.15, 0.2) is 17.2 Å². The second kappa shape index (κ2) is 5.21. The Morgan fingerprint density at radius 2 is 2.11 bits per heavy atom. The Morgan fingerprint density at radius 3 is 2.89 bits per heavy atom. The largest absolute Gasteiger partial charge is 0.352 e. The Balaban J connectivity index is 1.64. The standard InChI is InChI=1S/C13H20N4O2/c18-12-10-2-1-3-11(15-12)9-16(8-10)6-7-17-5-4-14-13(17)19/h4-5,10-11H,1-3,6-9H2,(H,14,19)(H,15,18)/t10-,11+/m1/s1. The summed E-state index contributed by atoms with van der Waals surface area (Å²) in [6.45, 7) is 3.22. The summed E-state index contributed by atoms with van der Waals surface area (Å²) in [7, 11) is 0. The van der Waals surface area contributed by atoms with E-state index >= 15 is 0 Å². The Bertz CT molecular complexity index is 507. The highest BCUT2D eigenvalue weighted by molar-refractivity contribution is 5.79. The summed E-state index contributed by atoms with van der Waals surface area (Å²) in [6.07, 6.45) is 6.62. The zero-order valence-corrected chi connectivity index (χ0v) is 11.0. The molecule has 0 unspecified atom stereocenters. The SMILES string of the molecule is O=C1N[C@H]2CCC[C@@H]1CN(CCn1cc[nH]c1=O)C2. The van der Waals surface area contributed by atoms with Crippen LogP contribution < -0.4 is 11.0 Å². The van der Waals surface area contributed by atoms with E-state index in [1.54, 1.807) is 17.0 Å². The molecule has 0 aromatic carbocycles. The molecule has 6 heteroatoms. The molecule has 19 heavy (non-hydrogen) atoms. The van der Waals surface area contributed by atoms with Gasteiger partial charge in [0.05, 0.1) is 5.92 Å². The highest BCUT2D eigenvalue weighted by Gasteiger charge is 2.32. The van der Waals surface area contributed by atoms with Gasteiger partial charge in [0.1, 0.15) is 0 Å². The third kappa shape index (κ3) is 2.73. The van der Waals surface area contributed by atoms with Crippen LogP contribution in [0.4, 0.5) is 0 Å². The van der Waals surface area contributed by atoms with E-state index in [1.165, 1.54) is 0 Å². The van der Waals surface area contributed by atoms with Crippen molar-refractivity contribution >= 4 is 5.91 Å². The minimum Gasteiger partial charge on any atom is -0.352 e. The van der Waals surface area contributed by atoms with Crippen LogP contribution in [0.25, 0.3) is 0 Å². The zero-order valence-electron chi connectivity index (χ0n) is 11.0. The van der Waals surface area contributed by atoms with Crippen LogP contribution in [-0.2, 0) is 11.3 Å². The first-order valence-corrected chi connectivity index (χ1v) is 6.99. The molecule has 3 rings (SSSR count).